The second-order valence-electron chi connectivity index (χ2n) is 3.23. The Morgan fingerprint density at radius 2 is 2.00 bits per heavy atom. The molecule has 0 aliphatic carbocycles. The highest BCUT2D eigenvalue weighted by atomic mass is 35.5. The summed E-state index contributed by atoms with van der Waals surface area (Å²) in [6.07, 6.45) is 1.18. The fraction of sp³-hybridized carbons (Fsp3) is 0. The Bertz CT molecular complexity index is 595. The summed E-state index contributed by atoms with van der Waals surface area (Å²) in [6.45, 7) is 0. The fourth-order valence-electron chi connectivity index (χ4n) is 1.24. The molecule has 1 heterocycles. The molecule has 0 radical (unpaired) electrons. The molecule has 1 amide bonds. The lowest BCUT2D eigenvalue weighted by Gasteiger charge is -2.05. The van der Waals surface area contributed by atoms with Gasteiger partial charge in [-0.05, 0) is 12.1 Å². The molecule has 2 aromatic rings. The van der Waals surface area contributed by atoms with Crippen molar-refractivity contribution in [3.63, 3.8) is 0 Å². The normalized spacial score (nSPS) is 9.94. The van der Waals surface area contributed by atoms with Gasteiger partial charge in [0.15, 0.2) is 0 Å². The third kappa shape index (κ3) is 2.70. The molecule has 1 aromatic heterocycles. The van der Waals surface area contributed by atoms with Gasteiger partial charge >= 0.3 is 5.69 Å². The van der Waals surface area contributed by atoms with E-state index in [-0.39, 0.29) is 16.7 Å². The lowest BCUT2D eigenvalue weighted by Crippen LogP contribution is -2.18. The Morgan fingerprint density at radius 1 is 1.29 bits per heavy atom. The molecule has 0 spiro atoms. The molecule has 0 bridgehead atoms. The van der Waals surface area contributed by atoms with Crippen LogP contribution >= 0.6 is 11.6 Å². The molecule has 5 nitrogen and oxygen atoms in total. The van der Waals surface area contributed by atoms with Crippen LogP contribution < -0.4 is 11.0 Å². The monoisotopic (exact) mass is 249 g/mol. The van der Waals surface area contributed by atoms with Crippen molar-refractivity contribution in [1.82, 2.24) is 9.97 Å². The fourth-order valence-corrected chi connectivity index (χ4v) is 1.39. The quantitative estimate of drug-likeness (QED) is 0.850. The molecule has 0 aliphatic heterocycles. The first-order valence-corrected chi connectivity index (χ1v) is 5.16. The van der Waals surface area contributed by atoms with E-state index in [0.29, 0.717) is 5.56 Å². The van der Waals surface area contributed by atoms with Crippen molar-refractivity contribution in [2.45, 2.75) is 0 Å². The minimum absolute atomic E-state index is 0.139. The largest absolute Gasteiger partial charge is 0.346 e. The molecule has 0 unspecified atom stereocenters. The summed E-state index contributed by atoms with van der Waals surface area (Å²) in [5, 5.41) is 2.68. The summed E-state index contributed by atoms with van der Waals surface area (Å²) in [4.78, 5) is 28.5. The second kappa shape index (κ2) is 4.80. The highest BCUT2D eigenvalue weighted by Crippen LogP contribution is 2.15. The first-order valence-electron chi connectivity index (χ1n) is 4.78. The van der Waals surface area contributed by atoms with Crippen molar-refractivity contribution in [2.24, 2.45) is 0 Å². The van der Waals surface area contributed by atoms with Gasteiger partial charge in [0.05, 0.1) is 11.2 Å². The van der Waals surface area contributed by atoms with Crippen LogP contribution in [0.15, 0.2) is 41.3 Å². The average molecular weight is 250 g/mol. The number of nitrogens with zero attached hydrogens (tertiary/aromatic N) is 1. The van der Waals surface area contributed by atoms with Gasteiger partial charge in [-0.25, -0.2) is 9.78 Å². The highest BCUT2D eigenvalue weighted by Gasteiger charge is 2.08. The van der Waals surface area contributed by atoms with E-state index in [1.54, 1.807) is 30.3 Å². The molecule has 0 saturated carbocycles. The smallest absolute Gasteiger partial charge is 0.307 e. The Labute approximate surface area is 101 Å². The number of carbonyl (C=O) groups is 1. The Balaban J connectivity index is 2.25. The number of hydrogen-bond acceptors (Lipinski definition) is 3. The minimum Gasteiger partial charge on any atom is -0.307 e. The van der Waals surface area contributed by atoms with Crippen LogP contribution in [-0.2, 0) is 0 Å². The van der Waals surface area contributed by atoms with Gasteiger partial charge in [0.2, 0.25) is 0 Å². The van der Waals surface area contributed by atoms with Crippen molar-refractivity contribution in [1.29, 1.82) is 0 Å². The van der Waals surface area contributed by atoms with Crippen LogP contribution in [0, 0.1) is 0 Å². The maximum absolute atomic E-state index is 11.8. The SMILES string of the molecule is O=C(Nc1[nH]c(=O)ncc1Cl)c1ccccc1. The molecule has 1 aromatic carbocycles. The zero-order valence-corrected chi connectivity index (χ0v) is 9.36. The van der Waals surface area contributed by atoms with Crippen molar-refractivity contribution in [2.75, 3.05) is 5.32 Å². The average Bonchev–Trinajstić information content (AvgIpc) is 2.35. The molecule has 2 rings (SSSR count). The zero-order chi connectivity index (χ0) is 12.3. The zero-order valence-electron chi connectivity index (χ0n) is 8.61. The van der Waals surface area contributed by atoms with Crippen LogP contribution in [-0.4, -0.2) is 15.9 Å². The third-order valence-electron chi connectivity index (χ3n) is 2.04. The standard InChI is InChI=1S/C11H8ClN3O2/c12-8-6-13-11(17)15-9(8)14-10(16)7-4-2-1-3-5-7/h1-6H,(H2,13,14,15,16,17). The van der Waals surface area contributed by atoms with Crippen LogP contribution in [0.4, 0.5) is 5.82 Å². The summed E-state index contributed by atoms with van der Waals surface area (Å²) < 4.78 is 0. The number of H-pyrrole nitrogens is 1. The molecule has 6 heteroatoms. The van der Waals surface area contributed by atoms with E-state index in [2.05, 4.69) is 15.3 Å². The molecule has 86 valence electrons. The number of anilines is 1. The van der Waals surface area contributed by atoms with Crippen molar-refractivity contribution in [3.8, 4) is 0 Å². The van der Waals surface area contributed by atoms with Gasteiger partial charge in [0.25, 0.3) is 5.91 Å². The van der Waals surface area contributed by atoms with Crippen molar-refractivity contribution >= 4 is 23.3 Å². The molecule has 0 fully saturated rings. The van der Waals surface area contributed by atoms with Crippen molar-refractivity contribution in [3.05, 3.63) is 57.6 Å². The maximum Gasteiger partial charge on any atom is 0.346 e. The van der Waals surface area contributed by atoms with Gasteiger partial charge in [-0.2, -0.15) is 0 Å². The third-order valence-corrected chi connectivity index (χ3v) is 2.33. The second-order valence-corrected chi connectivity index (χ2v) is 3.64. The summed E-state index contributed by atoms with van der Waals surface area (Å²) >= 11 is 5.78. The molecule has 17 heavy (non-hydrogen) atoms. The number of aromatic nitrogens is 2. The summed E-state index contributed by atoms with van der Waals surface area (Å²) in [7, 11) is 0. The number of rotatable bonds is 2. The summed E-state index contributed by atoms with van der Waals surface area (Å²) in [5.74, 6) is -0.213. The first kappa shape index (κ1) is 11.3. The van der Waals surface area contributed by atoms with Gasteiger partial charge < -0.3 is 5.32 Å². The van der Waals surface area contributed by atoms with Gasteiger partial charge in [0, 0.05) is 5.56 Å². The number of nitrogens with one attached hydrogen (secondary N) is 2. The van der Waals surface area contributed by atoms with Crippen LogP contribution in [0.25, 0.3) is 0 Å². The predicted molar refractivity (Wildman–Crippen MR) is 64.3 cm³/mol. The summed E-state index contributed by atoms with van der Waals surface area (Å²) in [6, 6.07) is 8.60. The van der Waals surface area contributed by atoms with E-state index in [0.717, 1.165) is 0 Å². The van der Waals surface area contributed by atoms with Gasteiger partial charge in [-0.15, -0.1) is 0 Å². The van der Waals surface area contributed by atoms with Gasteiger partial charge in [-0.3, -0.25) is 9.78 Å². The Hall–Kier alpha value is -2.14. The minimum atomic E-state index is -0.572. The molecule has 2 N–H and O–H groups in total. The number of aromatic amines is 1. The van der Waals surface area contributed by atoms with E-state index >= 15 is 0 Å². The Morgan fingerprint density at radius 3 is 2.71 bits per heavy atom. The van der Waals surface area contributed by atoms with Crippen LogP contribution in [0.5, 0.6) is 0 Å². The molecule has 0 atom stereocenters. The van der Waals surface area contributed by atoms with Crippen LogP contribution in [0.1, 0.15) is 10.4 Å². The molecule has 0 saturated heterocycles. The maximum atomic E-state index is 11.8. The molecule has 0 aliphatic rings. The number of halogens is 1. The number of benzene rings is 1. The molecular weight excluding hydrogens is 242 g/mol. The summed E-state index contributed by atoms with van der Waals surface area (Å²) in [5.41, 5.74) is -0.0982. The van der Waals surface area contributed by atoms with E-state index in [1.165, 1.54) is 6.20 Å². The first-order chi connectivity index (χ1) is 8.16. The van der Waals surface area contributed by atoms with Crippen LogP contribution in [0.3, 0.4) is 0 Å². The lowest BCUT2D eigenvalue weighted by atomic mass is 10.2. The number of amides is 1. The van der Waals surface area contributed by atoms with E-state index in [1.807, 2.05) is 0 Å². The predicted octanol–water partition coefficient (Wildman–Crippen LogP) is 1.68. The van der Waals surface area contributed by atoms with Crippen LogP contribution in [0.2, 0.25) is 5.02 Å². The topological polar surface area (TPSA) is 74.8 Å². The van der Waals surface area contributed by atoms with Gasteiger partial charge in [0.1, 0.15) is 5.82 Å². The number of carbonyl (C=O) groups excluding carboxylic acids is 1. The highest BCUT2D eigenvalue weighted by molar-refractivity contribution is 6.33. The Kier molecular flexibility index (Phi) is 3.20. The van der Waals surface area contributed by atoms with Gasteiger partial charge in [-0.1, -0.05) is 29.8 Å². The van der Waals surface area contributed by atoms with Crippen molar-refractivity contribution < 1.29 is 4.79 Å². The molecular formula is C11H8ClN3O2. The van der Waals surface area contributed by atoms with E-state index in [9.17, 15) is 9.59 Å². The van der Waals surface area contributed by atoms with E-state index in [4.69, 9.17) is 11.6 Å². The lowest BCUT2D eigenvalue weighted by molar-refractivity contribution is 0.102. The van der Waals surface area contributed by atoms with E-state index < -0.39 is 5.69 Å². The number of hydrogen-bond donors (Lipinski definition) is 2.